The van der Waals surface area contributed by atoms with Gasteiger partial charge in [-0.15, -0.1) is 0 Å². The molecule has 38 heavy (non-hydrogen) atoms. The lowest BCUT2D eigenvalue weighted by atomic mass is 10.0. The maximum Gasteiger partial charge on any atom is 0.220 e. The highest BCUT2D eigenvalue weighted by molar-refractivity contribution is 5.76. The van der Waals surface area contributed by atoms with Gasteiger partial charge in [-0.2, -0.15) is 0 Å². The number of hydrogen-bond acceptors (Lipinski definition) is 3. The molecule has 0 fully saturated rings. The quantitative estimate of drug-likeness (QED) is 0.0775. The van der Waals surface area contributed by atoms with Gasteiger partial charge in [0.2, 0.25) is 5.91 Å². The molecule has 2 atom stereocenters. The highest BCUT2D eigenvalue weighted by Gasteiger charge is 2.17. The molecule has 1 amide bonds. The first-order valence-electron chi connectivity index (χ1n) is 15.5. The summed E-state index contributed by atoms with van der Waals surface area (Å²) in [7, 11) is 0. The van der Waals surface area contributed by atoms with Gasteiger partial charge in [0, 0.05) is 6.42 Å². The predicted octanol–water partition coefficient (Wildman–Crippen LogP) is 8.67. The molecule has 3 N–H and O–H groups in total. The first kappa shape index (κ1) is 36.1. The number of amides is 1. The van der Waals surface area contributed by atoms with Crippen LogP contribution in [0.5, 0.6) is 0 Å². The van der Waals surface area contributed by atoms with Gasteiger partial charge in [-0.1, -0.05) is 139 Å². The summed E-state index contributed by atoms with van der Waals surface area (Å²) < 4.78 is 0. The highest BCUT2D eigenvalue weighted by atomic mass is 16.3. The lowest BCUT2D eigenvalue weighted by Gasteiger charge is -2.19. The lowest BCUT2D eigenvalue weighted by molar-refractivity contribution is -0.122. The summed E-state index contributed by atoms with van der Waals surface area (Å²) in [5.74, 6) is -0.149. The third-order valence-corrected chi connectivity index (χ3v) is 6.52. The SMILES string of the molecule is CC/C=C\C/C=C\C/C=C\C/C=C\CCC(=O)NC(CO)C(O)/C=C/CCCCCCCCCCCCC. The molecule has 0 rings (SSSR count). The fourth-order valence-electron chi connectivity index (χ4n) is 4.13. The number of allylic oxidation sites excluding steroid dienone is 9. The van der Waals surface area contributed by atoms with Crippen molar-refractivity contribution in [2.24, 2.45) is 0 Å². The second-order valence-corrected chi connectivity index (χ2v) is 10.1. The minimum absolute atomic E-state index is 0.149. The van der Waals surface area contributed by atoms with Gasteiger partial charge in [-0.3, -0.25) is 4.79 Å². The van der Waals surface area contributed by atoms with Crippen LogP contribution in [-0.2, 0) is 4.79 Å². The van der Waals surface area contributed by atoms with E-state index in [1.807, 2.05) is 12.2 Å². The summed E-state index contributed by atoms with van der Waals surface area (Å²) in [6.07, 6.45) is 40.2. The van der Waals surface area contributed by atoms with Crippen LogP contribution in [0.4, 0.5) is 0 Å². The van der Waals surface area contributed by atoms with Crippen molar-refractivity contribution in [3.8, 4) is 0 Å². The summed E-state index contributed by atoms with van der Waals surface area (Å²) in [5.41, 5.74) is 0. The Morgan fingerprint density at radius 1 is 0.658 bits per heavy atom. The van der Waals surface area contributed by atoms with Crippen molar-refractivity contribution in [2.45, 2.75) is 142 Å². The summed E-state index contributed by atoms with van der Waals surface area (Å²) in [6.45, 7) is 4.12. The van der Waals surface area contributed by atoms with Gasteiger partial charge >= 0.3 is 0 Å². The first-order chi connectivity index (χ1) is 18.7. The Labute approximate surface area is 235 Å². The van der Waals surface area contributed by atoms with Gasteiger partial charge in [-0.25, -0.2) is 0 Å². The van der Waals surface area contributed by atoms with Crippen molar-refractivity contribution >= 4 is 5.91 Å². The van der Waals surface area contributed by atoms with E-state index in [0.717, 1.165) is 38.5 Å². The Morgan fingerprint density at radius 2 is 1.16 bits per heavy atom. The molecule has 0 heterocycles. The van der Waals surface area contributed by atoms with Crippen LogP contribution in [-0.4, -0.2) is 34.9 Å². The summed E-state index contributed by atoms with van der Waals surface area (Å²) in [4.78, 5) is 12.2. The minimum Gasteiger partial charge on any atom is -0.394 e. The smallest absolute Gasteiger partial charge is 0.220 e. The lowest BCUT2D eigenvalue weighted by Crippen LogP contribution is -2.45. The average Bonchev–Trinajstić information content (AvgIpc) is 2.92. The van der Waals surface area contributed by atoms with E-state index < -0.39 is 12.1 Å². The number of unbranched alkanes of at least 4 members (excludes halogenated alkanes) is 11. The number of aliphatic hydroxyl groups excluding tert-OH is 2. The Hall–Kier alpha value is -1.91. The van der Waals surface area contributed by atoms with Crippen LogP contribution in [0.3, 0.4) is 0 Å². The van der Waals surface area contributed by atoms with Crippen LogP contribution in [0.25, 0.3) is 0 Å². The zero-order chi connectivity index (χ0) is 27.9. The molecule has 0 radical (unpaired) electrons. The molecule has 0 bridgehead atoms. The van der Waals surface area contributed by atoms with Crippen LogP contribution in [0, 0.1) is 0 Å². The van der Waals surface area contributed by atoms with Crippen LogP contribution < -0.4 is 5.32 Å². The van der Waals surface area contributed by atoms with Gasteiger partial charge in [0.1, 0.15) is 0 Å². The average molecular weight is 530 g/mol. The Bertz CT molecular complexity index is 663. The normalized spacial score (nSPS) is 14.1. The van der Waals surface area contributed by atoms with Crippen LogP contribution in [0.15, 0.2) is 60.8 Å². The highest BCUT2D eigenvalue weighted by Crippen LogP contribution is 2.12. The monoisotopic (exact) mass is 529 g/mol. The summed E-state index contributed by atoms with van der Waals surface area (Å²) in [6, 6.07) is -0.659. The van der Waals surface area contributed by atoms with Crippen LogP contribution >= 0.6 is 0 Å². The fraction of sp³-hybridized carbons (Fsp3) is 0.676. The van der Waals surface area contributed by atoms with E-state index in [1.165, 1.54) is 64.2 Å². The number of nitrogens with one attached hydrogen (secondary N) is 1. The van der Waals surface area contributed by atoms with Gasteiger partial charge in [-0.05, 0) is 44.9 Å². The van der Waals surface area contributed by atoms with E-state index >= 15 is 0 Å². The standard InChI is InChI=1S/C34H59NO3/c1-3-5-7-9-11-13-15-17-19-21-23-25-27-29-33(37)32(31-36)35-34(38)30-28-26-24-22-20-18-16-14-12-10-8-6-4-2/h6,8,12,14,18,20,24,26-27,29,32-33,36-37H,3-5,7,9-11,13,15-17,19,21-23,25,28,30-31H2,1-2H3,(H,35,38)/b8-6-,14-12-,20-18-,26-24-,29-27+. The molecule has 0 aromatic heterocycles. The van der Waals surface area contributed by atoms with E-state index in [1.54, 1.807) is 6.08 Å². The second-order valence-electron chi connectivity index (χ2n) is 10.1. The Kier molecular flexibility index (Phi) is 28.2. The molecule has 0 saturated heterocycles. The molecule has 0 spiro atoms. The van der Waals surface area contributed by atoms with Crippen molar-refractivity contribution in [3.05, 3.63) is 60.8 Å². The molecule has 218 valence electrons. The largest absolute Gasteiger partial charge is 0.394 e. The molecule has 0 aliphatic heterocycles. The molecule has 0 aromatic carbocycles. The van der Waals surface area contributed by atoms with Crippen molar-refractivity contribution in [1.82, 2.24) is 5.32 Å². The van der Waals surface area contributed by atoms with Gasteiger partial charge in [0.05, 0.1) is 18.8 Å². The van der Waals surface area contributed by atoms with E-state index in [4.69, 9.17) is 0 Å². The number of rotatable bonds is 26. The maximum atomic E-state index is 12.2. The van der Waals surface area contributed by atoms with E-state index in [-0.39, 0.29) is 12.5 Å². The topological polar surface area (TPSA) is 69.6 Å². The molecule has 2 unspecified atom stereocenters. The molecular formula is C34H59NO3. The number of hydrogen-bond donors (Lipinski definition) is 3. The molecule has 0 aliphatic rings. The number of carbonyl (C=O) groups excluding carboxylic acids is 1. The fourth-order valence-corrected chi connectivity index (χ4v) is 4.13. The van der Waals surface area contributed by atoms with Crippen molar-refractivity contribution in [1.29, 1.82) is 0 Å². The number of aliphatic hydroxyl groups is 2. The minimum atomic E-state index is -0.867. The van der Waals surface area contributed by atoms with Crippen molar-refractivity contribution in [2.75, 3.05) is 6.61 Å². The van der Waals surface area contributed by atoms with Crippen molar-refractivity contribution in [3.63, 3.8) is 0 Å². The Morgan fingerprint density at radius 3 is 1.68 bits per heavy atom. The summed E-state index contributed by atoms with van der Waals surface area (Å²) >= 11 is 0. The summed E-state index contributed by atoms with van der Waals surface area (Å²) in [5, 5.41) is 22.7. The second kappa shape index (κ2) is 29.6. The third-order valence-electron chi connectivity index (χ3n) is 6.52. The third kappa shape index (κ3) is 25.7. The zero-order valence-corrected chi connectivity index (χ0v) is 24.7. The van der Waals surface area contributed by atoms with Crippen LogP contribution in [0.1, 0.15) is 129 Å². The maximum absolute atomic E-state index is 12.2. The molecular weight excluding hydrogens is 470 g/mol. The number of carbonyl (C=O) groups is 1. The molecule has 0 aliphatic carbocycles. The van der Waals surface area contributed by atoms with Crippen LogP contribution in [0.2, 0.25) is 0 Å². The molecule has 0 aromatic rings. The first-order valence-corrected chi connectivity index (χ1v) is 15.5. The molecule has 4 heteroatoms. The zero-order valence-electron chi connectivity index (χ0n) is 24.7. The van der Waals surface area contributed by atoms with Crippen molar-refractivity contribution < 1.29 is 15.0 Å². The molecule has 0 saturated carbocycles. The van der Waals surface area contributed by atoms with Gasteiger partial charge in [0.25, 0.3) is 0 Å². The van der Waals surface area contributed by atoms with Gasteiger partial charge in [0.15, 0.2) is 0 Å². The Balaban J connectivity index is 3.84. The van der Waals surface area contributed by atoms with E-state index in [0.29, 0.717) is 12.8 Å². The van der Waals surface area contributed by atoms with Gasteiger partial charge < -0.3 is 15.5 Å². The van der Waals surface area contributed by atoms with E-state index in [9.17, 15) is 15.0 Å². The van der Waals surface area contributed by atoms with E-state index in [2.05, 4.69) is 61.7 Å². The molecule has 4 nitrogen and oxygen atoms in total. The predicted molar refractivity (Wildman–Crippen MR) is 165 cm³/mol.